The highest BCUT2D eigenvalue weighted by atomic mass is 16.6. The number of carbonyl (C=O) groups is 2. The predicted molar refractivity (Wildman–Crippen MR) is 91.8 cm³/mol. The number of hydrogen-bond acceptors (Lipinski definition) is 5. The molecule has 2 fully saturated rings. The first kappa shape index (κ1) is 20.9. The van der Waals surface area contributed by atoms with Crippen molar-refractivity contribution in [1.82, 2.24) is 0 Å². The molecule has 3 atom stereocenters. The lowest BCUT2D eigenvalue weighted by molar-refractivity contribution is -0.880. The monoisotopic (exact) mass is 343 g/mol. The highest BCUT2D eigenvalue weighted by molar-refractivity contribution is 5.75. The van der Waals surface area contributed by atoms with E-state index in [1.807, 2.05) is 41.5 Å². The third kappa shape index (κ3) is 6.40. The van der Waals surface area contributed by atoms with E-state index in [9.17, 15) is 14.8 Å². The van der Waals surface area contributed by atoms with Crippen LogP contribution >= 0.6 is 0 Å². The number of hydrogen-bond donors (Lipinski definition) is 0. The Balaban J connectivity index is 0.000000351. The first-order valence-electron chi connectivity index (χ1n) is 8.74. The summed E-state index contributed by atoms with van der Waals surface area (Å²) in [4.78, 5) is 21.2. The second-order valence-corrected chi connectivity index (χ2v) is 8.93. The highest BCUT2D eigenvalue weighted by Gasteiger charge is 2.44. The van der Waals surface area contributed by atoms with Crippen molar-refractivity contribution in [3.8, 4) is 0 Å². The van der Waals surface area contributed by atoms with Gasteiger partial charge in [-0.05, 0) is 41.5 Å². The lowest BCUT2D eigenvalue weighted by Crippen LogP contribution is -2.41. The minimum absolute atomic E-state index is 0.0300. The smallest absolute Gasteiger partial charge is 0.311 e. The number of carbonyl (C=O) groups excluding carboxylic acids is 2. The molecular formula is C18H33NO5. The maximum absolute atomic E-state index is 12.3. The van der Waals surface area contributed by atoms with Crippen LogP contribution in [0.1, 0.15) is 60.8 Å². The Labute approximate surface area is 145 Å². The van der Waals surface area contributed by atoms with Gasteiger partial charge in [0.05, 0.1) is 31.2 Å². The largest absolute Gasteiger partial charge is 0.633 e. The summed E-state index contributed by atoms with van der Waals surface area (Å²) >= 11 is 0. The van der Waals surface area contributed by atoms with Gasteiger partial charge in [0.25, 0.3) is 6.47 Å². The maximum Gasteiger partial charge on any atom is 0.311 e. The number of ether oxygens (including phenoxy) is 2. The summed E-state index contributed by atoms with van der Waals surface area (Å²) in [7, 11) is 0. The Morgan fingerprint density at radius 2 is 1.88 bits per heavy atom. The zero-order valence-corrected chi connectivity index (χ0v) is 16.0. The van der Waals surface area contributed by atoms with Crippen LogP contribution < -0.4 is 0 Å². The molecule has 2 aliphatic rings. The molecule has 24 heavy (non-hydrogen) atoms. The van der Waals surface area contributed by atoms with Gasteiger partial charge in [-0.2, -0.15) is 0 Å². The Morgan fingerprint density at radius 3 is 2.29 bits per heavy atom. The van der Waals surface area contributed by atoms with Crippen LogP contribution in [0.2, 0.25) is 0 Å². The number of nitrogens with zero attached hydrogens (tertiary/aromatic N) is 1. The van der Waals surface area contributed by atoms with E-state index in [2.05, 4.69) is 4.74 Å². The number of hydroxylamine groups is 3. The van der Waals surface area contributed by atoms with Gasteiger partial charge in [0.2, 0.25) is 0 Å². The standard InChI is InChI=1S/C13H23NO3.C5H10O2/c1-13(2,3)12(15)17-9-10-7-11-5-4-6-14(11,16)8-10;1-5(2,3)7-4-6/h10-11H,4-9H2,1-3H3;4H,1-3H3. The van der Waals surface area contributed by atoms with E-state index in [0.29, 0.717) is 19.6 Å². The summed E-state index contributed by atoms with van der Waals surface area (Å²) in [5, 5.41) is 12.3. The van der Waals surface area contributed by atoms with Gasteiger partial charge in [-0.15, -0.1) is 0 Å². The molecule has 0 amide bonds. The lowest BCUT2D eigenvalue weighted by atomic mass is 9.97. The van der Waals surface area contributed by atoms with Crippen molar-refractivity contribution in [3.63, 3.8) is 0 Å². The summed E-state index contributed by atoms with van der Waals surface area (Å²) in [6, 6.07) is 0.272. The second kappa shape index (κ2) is 7.83. The first-order valence-corrected chi connectivity index (χ1v) is 8.74. The third-order valence-electron chi connectivity index (χ3n) is 4.38. The summed E-state index contributed by atoms with van der Waals surface area (Å²) in [5.41, 5.74) is -0.764. The van der Waals surface area contributed by atoms with Crippen molar-refractivity contribution >= 4 is 12.4 Å². The molecule has 0 aliphatic carbocycles. The van der Waals surface area contributed by atoms with Crippen molar-refractivity contribution in [2.75, 3.05) is 19.7 Å². The van der Waals surface area contributed by atoms with Gasteiger partial charge >= 0.3 is 5.97 Å². The summed E-state index contributed by atoms with van der Waals surface area (Å²) in [6.45, 7) is 13.3. The van der Waals surface area contributed by atoms with Gasteiger partial charge in [-0.3, -0.25) is 9.59 Å². The van der Waals surface area contributed by atoms with Crippen LogP contribution in [0.5, 0.6) is 0 Å². The minimum atomic E-state index is -0.446. The molecule has 140 valence electrons. The fourth-order valence-electron chi connectivity index (χ4n) is 3.13. The topological polar surface area (TPSA) is 75.7 Å². The van der Waals surface area contributed by atoms with Gasteiger partial charge in [-0.25, -0.2) is 0 Å². The van der Waals surface area contributed by atoms with Crippen molar-refractivity contribution < 1.29 is 23.7 Å². The maximum atomic E-state index is 12.3. The fourth-order valence-corrected chi connectivity index (χ4v) is 3.13. The number of rotatable bonds is 3. The summed E-state index contributed by atoms with van der Waals surface area (Å²) in [6.07, 6.45) is 3.04. The average molecular weight is 343 g/mol. The molecule has 0 spiro atoms. The first-order chi connectivity index (χ1) is 10.9. The number of quaternary nitrogens is 1. The van der Waals surface area contributed by atoms with E-state index in [0.717, 1.165) is 25.8 Å². The third-order valence-corrected chi connectivity index (χ3v) is 4.38. The van der Waals surface area contributed by atoms with Gasteiger partial charge in [0.15, 0.2) is 0 Å². The van der Waals surface area contributed by atoms with Crippen molar-refractivity contribution in [2.45, 2.75) is 72.4 Å². The van der Waals surface area contributed by atoms with Gasteiger partial charge in [0.1, 0.15) is 5.60 Å². The van der Waals surface area contributed by atoms with Crippen LogP contribution in [0, 0.1) is 16.5 Å². The van der Waals surface area contributed by atoms with Gasteiger partial charge in [0, 0.05) is 25.2 Å². The summed E-state index contributed by atoms with van der Waals surface area (Å²) < 4.78 is 9.83. The fraction of sp³-hybridized carbons (Fsp3) is 0.889. The Hall–Kier alpha value is -1.14. The van der Waals surface area contributed by atoms with E-state index in [-0.39, 0.29) is 28.2 Å². The quantitative estimate of drug-likeness (QED) is 0.341. The summed E-state index contributed by atoms with van der Waals surface area (Å²) in [5.74, 6) is 0.103. The zero-order chi connectivity index (χ0) is 18.6. The molecule has 0 bridgehead atoms. The van der Waals surface area contributed by atoms with E-state index in [1.165, 1.54) is 0 Å². The zero-order valence-electron chi connectivity index (χ0n) is 16.0. The lowest BCUT2D eigenvalue weighted by Gasteiger charge is -2.39. The average Bonchev–Trinajstić information content (AvgIpc) is 2.88. The molecule has 2 heterocycles. The highest BCUT2D eigenvalue weighted by Crippen LogP contribution is 2.38. The molecule has 0 aromatic carbocycles. The molecule has 0 saturated carbocycles. The Bertz CT molecular complexity index is 438. The SMILES string of the molecule is CC(C)(C)C(=O)OCC1CC2CCC[N+]2([O-])C1.CC(C)(C)OC=O. The molecule has 0 N–H and O–H groups in total. The van der Waals surface area contributed by atoms with Crippen molar-refractivity contribution in [2.24, 2.45) is 11.3 Å². The number of fused-ring (bicyclic) bond motifs is 1. The molecule has 6 nitrogen and oxygen atoms in total. The molecule has 2 rings (SSSR count). The molecule has 2 saturated heterocycles. The van der Waals surface area contributed by atoms with Crippen LogP contribution in [-0.2, 0) is 19.1 Å². The molecule has 0 aromatic rings. The van der Waals surface area contributed by atoms with E-state index in [4.69, 9.17) is 4.74 Å². The van der Waals surface area contributed by atoms with Crippen LogP contribution in [0.4, 0.5) is 0 Å². The predicted octanol–water partition coefficient (Wildman–Crippen LogP) is 3.03. The van der Waals surface area contributed by atoms with Crippen LogP contribution in [0.25, 0.3) is 0 Å². The molecular weight excluding hydrogens is 310 g/mol. The van der Waals surface area contributed by atoms with E-state index >= 15 is 0 Å². The van der Waals surface area contributed by atoms with Crippen LogP contribution in [-0.4, -0.2) is 48.4 Å². The molecule has 2 aliphatic heterocycles. The minimum Gasteiger partial charge on any atom is -0.633 e. The Kier molecular flexibility index (Phi) is 6.82. The van der Waals surface area contributed by atoms with Gasteiger partial charge < -0.3 is 19.3 Å². The Morgan fingerprint density at radius 1 is 1.25 bits per heavy atom. The molecule has 0 radical (unpaired) electrons. The van der Waals surface area contributed by atoms with E-state index in [1.54, 1.807) is 0 Å². The van der Waals surface area contributed by atoms with Crippen molar-refractivity contribution in [1.29, 1.82) is 0 Å². The van der Waals surface area contributed by atoms with E-state index < -0.39 is 5.41 Å². The van der Waals surface area contributed by atoms with Gasteiger partial charge in [-0.1, -0.05) is 0 Å². The van der Waals surface area contributed by atoms with Crippen molar-refractivity contribution in [3.05, 3.63) is 5.21 Å². The second-order valence-electron chi connectivity index (χ2n) is 8.93. The molecule has 0 aromatic heterocycles. The number of esters is 1. The molecule has 6 heteroatoms. The normalized spacial score (nSPS) is 29.3. The van der Waals surface area contributed by atoms with Crippen LogP contribution in [0.3, 0.4) is 0 Å². The van der Waals surface area contributed by atoms with Crippen LogP contribution in [0.15, 0.2) is 0 Å². The molecule has 3 unspecified atom stereocenters.